The number of nitrogens with one attached hydrogen (secondary N) is 1. The molecular weight excluding hydrogens is 270 g/mol. The molecule has 0 saturated carbocycles. The molecule has 2 rings (SSSR count). The zero-order valence-electron chi connectivity index (χ0n) is 10.1. The number of hydrogen-bond donors (Lipinski definition) is 1. The quantitative estimate of drug-likeness (QED) is 0.838. The van der Waals surface area contributed by atoms with Gasteiger partial charge in [0.25, 0.3) is 5.91 Å². The predicted molar refractivity (Wildman–Crippen MR) is 72.6 cm³/mol. The number of rotatable bonds is 5. The third-order valence-electron chi connectivity index (χ3n) is 3.15. The molecule has 1 N–H and O–H groups in total. The van der Waals surface area contributed by atoms with E-state index in [4.69, 9.17) is 0 Å². The second-order valence-electron chi connectivity index (χ2n) is 4.64. The molecule has 1 aliphatic rings. The lowest BCUT2D eigenvalue weighted by Gasteiger charge is -2.07. The summed E-state index contributed by atoms with van der Waals surface area (Å²) in [6.07, 6.45) is 2.50. The fourth-order valence-corrected chi connectivity index (χ4v) is 4.74. The molecule has 1 saturated heterocycles. The van der Waals surface area contributed by atoms with Crippen LogP contribution in [-0.2, 0) is 9.84 Å². The molecule has 1 aliphatic heterocycles. The molecule has 0 aliphatic carbocycles. The normalized spacial score (nSPS) is 21.9. The molecule has 100 valence electrons. The number of sulfone groups is 1. The van der Waals surface area contributed by atoms with Crippen molar-refractivity contribution in [2.24, 2.45) is 5.92 Å². The summed E-state index contributed by atoms with van der Waals surface area (Å²) in [4.78, 5) is 12.3. The number of thiophene rings is 1. The van der Waals surface area contributed by atoms with Gasteiger partial charge >= 0.3 is 0 Å². The Morgan fingerprint density at radius 2 is 2.33 bits per heavy atom. The van der Waals surface area contributed by atoms with Gasteiger partial charge in [0, 0.05) is 6.54 Å². The van der Waals surface area contributed by atoms with Gasteiger partial charge in [-0.05, 0) is 36.6 Å². The molecule has 0 radical (unpaired) electrons. The minimum atomic E-state index is -2.77. The van der Waals surface area contributed by atoms with Crippen molar-refractivity contribution in [1.82, 2.24) is 5.32 Å². The minimum Gasteiger partial charge on any atom is -0.351 e. The van der Waals surface area contributed by atoms with Crippen LogP contribution in [0.4, 0.5) is 0 Å². The van der Waals surface area contributed by atoms with Crippen LogP contribution in [0.25, 0.3) is 0 Å². The van der Waals surface area contributed by atoms with Crippen molar-refractivity contribution in [3.05, 3.63) is 22.4 Å². The van der Waals surface area contributed by atoms with Crippen LogP contribution in [0.3, 0.4) is 0 Å². The summed E-state index contributed by atoms with van der Waals surface area (Å²) in [5, 5.41) is 4.73. The van der Waals surface area contributed by atoms with Crippen LogP contribution in [0.1, 0.15) is 28.9 Å². The van der Waals surface area contributed by atoms with E-state index in [1.807, 2.05) is 11.4 Å². The lowest BCUT2D eigenvalue weighted by molar-refractivity contribution is 0.0956. The Morgan fingerprint density at radius 3 is 2.94 bits per heavy atom. The van der Waals surface area contributed by atoms with E-state index in [0.717, 1.165) is 24.1 Å². The number of amides is 1. The summed E-state index contributed by atoms with van der Waals surface area (Å²) >= 11 is 1.42. The second kappa shape index (κ2) is 5.84. The molecule has 1 atom stereocenters. The van der Waals surface area contributed by atoms with Crippen molar-refractivity contribution in [3.63, 3.8) is 0 Å². The molecule has 1 amide bonds. The molecule has 1 aromatic heterocycles. The third-order valence-corrected chi connectivity index (χ3v) is 5.85. The number of carbonyl (C=O) groups excluding carboxylic acids is 1. The van der Waals surface area contributed by atoms with Crippen LogP contribution in [0, 0.1) is 5.92 Å². The van der Waals surface area contributed by atoms with Crippen molar-refractivity contribution in [1.29, 1.82) is 0 Å². The van der Waals surface area contributed by atoms with Crippen molar-refractivity contribution >= 4 is 27.1 Å². The van der Waals surface area contributed by atoms with E-state index >= 15 is 0 Å². The van der Waals surface area contributed by atoms with Gasteiger partial charge in [-0.25, -0.2) is 8.42 Å². The van der Waals surface area contributed by atoms with Gasteiger partial charge in [-0.2, -0.15) is 0 Å². The maximum absolute atomic E-state index is 11.6. The highest BCUT2D eigenvalue weighted by Gasteiger charge is 2.27. The first-order valence-electron chi connectivity index (χ1n) is 6.09. The van der Waals surface area contributed by atoms with Gasteiger partial charge < -0.3 is 5.32 Å². The Balaban J connectivity index is 1.64. The van der Waals surface area contributed by atoms with E-state index in [0.29, 0.717) is 18.1 Å². The molecule has 1 unspecified atom stereocenters. The summed E-state index contributed by atoms with van der Waals surface area (Å²) in [6, 6.07) is 3.65. The van der Waals surface area contributed by atoms with Gasteiger partial charge in [0.05, 0.1) is 16.4 Å². The summed E-state index contributed by atoms with van der Waals surface area (Å²) in [6.45, 7) is 0.618. The first-order valence-corrected chi connectivity index (χ1v) is 8.79. The molecule has 0 spiro atoms. The van der Waals surface area contributed by atoms with Gasteiger partial charge in [-0.3, -0.25) is 4.79 Å². The highest BCUT2D eigenvalue weighted by atomic mass is 32.2. The van der Waals surface area contributed by atoms with Crippen LogP contribution in [-0.4, -0.2) is 32.4 Å². The van der Waals surface area contributed by atoms with E-state index < -0.39 is 9.84 Å². The van der Waals surface area contributed by atoms with Crippen molar-refractivity contribution in [2.45, 2.75) is 19.3 Å². The van der Waals surface area contributed by atoms with Crippen LogP contribution in [0.5, 0.6) is 0 Å². The predicted octanol–water partition coefficient (Wildman–Crippen LogP) is 1.69. The molecule has 0 aromatic carbocycles. The summed E-state index contributed by atoms with van der Waals surface area (Å²) < 4.78 is 22.5. The fourth-order valence-electron chi connectivity index (χ4n) is 2.19. The van der Waals surface area contributed by atoms with Crippen molar-refractivity contribution < 1.29 is 13.2 Å². The van der Waals surface area contributed by atoms with Crippen LogP contribution < -0.4 is 5.32 Å². The van der Waals surface area contributed by atoms with E-state index in [1.54, 1.807) is 6.07 Å². The van der Waals surface area contributed by atoms with Crippen LogP contribution in [0.2, 0.25) is 0 Å². The Labute approximate surface area is 111 Å². The Kier molecular flexibility index (Phi) is 4.40. The first-order chi connectivity index (χ1) is 8.57. The maximum Gasteiger partial charge on any atom is 0.261 e. The van der Waals surface area contributed by atoms with Gasteiger partial charge in [0.2, 0.25) is 0 Å². The third kappa shape index (κ3) is 3.81. The van der Waals surface area contributed by atoms with Crippen molar-refractivity contribution in [3.8, 4) is 0 Å². The average Bonchev–Trinajstić information content (AvgIpc) is 2.93. The summed E-state index contributed by atoms with van der Waals surface area (Å²) in [5.74, 6) is 0.906. The minimum absolute atomic E-state index is 0.0379. The van der Waals surface area contributed by atoms with Gasteiger partial charge in [0.1, 0.15) is 0 Å². The lowest BCUT2D eigenvalue weighted by Crippen LogP contribution is -2.24. The lowest BCUT2D eigenvalue weighted by atomic mass is 10.0. The SMILES string of the molecule is O=C(NCCCC1CCS(=O)(=O)C1)c1cccs1. The van der Waals surface area contributed by atoms with Gasteiger partial charge in [0.15, 0.2) is 9.84 Å². The highest BCUT2D eigenvalue weighted by Crippen LogP contribution is 2.22. The molecule has 18 heavy (non-hydrogen) atoms. The van der Waals surface area contributed by atoms with E-state index in [-0.39, 0.29) is 11.8 Å². The zero-order valence-corrected chi connectivity index (χ0v) is 11.7. The average molecular weight is 287 g/mol. The van der Waals surface area contributed by atoms with Gasteiger partial charge in [-0.15, -0.1) is 11.3 Å². The fraction of sp³-hybridized carbons (Fsp3) is 0.583. The first kappa shape index (κ1) is 13.5. The monoisotopic (exact) mass is 287 g/mol. The Bertz CT molecular complexity index is 493. The number of carbonyl (C=O) groups is 1. The molecule has 2 heterocycles. The molecule has 4 nitrogen and oxygen atoms in total. The smallest absolute Gasteiger partial charge is 0.261 e. The largest absolute Gasteiger partial charge is 0.351 e. The molecule has 0 bridgehead atoms. The molecule has 1 aromatic rings. The highest BCUT2D eigenvalue weighted by molar-refractivity contribution is 7.91. The van der Waals surface area contributed by atoms with Crippen LogP contribution in [0.15, 0.2) is 17.5 Å². The summed E-state index contributed by atoms with van der Waals surface area (Å²) in [7, 11) is -2.77. The van der Waals surface area contributed by atoms with E-state index in [1.165, 1.54) is 11.3 Å². The topological polar surface area (TPSA) is 63.2 Å². The Morgan fingerprint density at radius 1 is 1.50 bits per heavy atom. The second-order valence-corrected chi connectivity index (χ2v) is 7.82. The zero-order chi connectivity index (χ0) is 13.0. The van der Waals surface area contributed by atoms with E-state index in [2.05, 4.69) is 5.32 Å². The molecular formula is C12H17NO3S2. The molecule has 6 heteroatoms. The maximum atomic E-state index is 11.6. The van der Waals surface area contributed by atoms with Gasteiger partial charge in [-0.1, -0.05) is 6.07 Å². The Hall–Kier alpha value is -0.880. The summed E-state index contributed by atoms with van der Waals surface area (Å²) in [5.41, 5.74) is 0. The standard InChI is InChI=1S/C12H17NO3S2/c14-12(11-4-2-7-17-11)13-6-1-3-10-5-8-18(15,16)9-10/h2,4,7,10H,1,3,5-6,8-9H2,(H,13,14). The molecule has 1 fully saturated rings. The van der Waals surface area contributed by atoms with E-state index in [9.17, 15) is 13.2 Å². The van der Waals surface area contributed by atoms with Crippen molar-refractivity contribution in [2.75, 3.05) is 18.1 Å². The number of hydrogen-bond acceptors (Lipinski definition) is 4. The van der Waals surface area contributed by atoms with Crippen LogP contribution >= 0.6 is 11.3 Å².